The van der Waals surface area contributed by atoms with Crippen LogP contribution in [0.4, 0.5) is 24.5 Å². The molecule has 0 bridgehead atoms. The third kappa shape index (κ3) is 3.90. The lowest BCUT2D eigenvalue weighted by Gasteiger charge is -2.20. The summed E-state index contributed by atoms with van der Waals surface area (Å²) >= 11 is 0. The average Bonchev–Trinajstić information content (AvgIpc) is 2.24. The molecule has 0 spiro atoms. The smallest absolute Gasteiger partial charge is 0.369 e. The molecule has 0 heterocycles. The number of rotatable bonds is 4. The molecule has 0 saturated heterocycles. The van der Waals surface area contributed by atoms with E-state index in [0.717, 1.165) is 0 Å². The molecule has 0 aliphatic rings. The number of nitro benzene ring substituents is 1. The van der Waals surface area contributed by atoms with Gasteiger partial charge in [-0.3, -0.25) is 10.1 Å². The van der Waals surface area contributed by atoms with E-state index in [0.29, 0.717) is 5.56 Å². The topological polar surface area (TPSA) is 46.4 Å². The van der Waals surface area contributed by atoms with Crippen molar-refractivity contribution in [3.05, 3.63) is 33.9 Å². The van der Waals surface area contributed by atoms with Crippen LogP contribution < -0.4 is 4.90 Å². The fourth-order valence-corrected chi connectivity index (χ4v) is 1.52. The Bertz CT molecular complexity index is 446. The number of aryl methyl sites for hydroxylation is 1. The van der Waals surface area contributed by atoms with E-state index in [-0.39, 0.29) is 17.9 Å². The molecule has 0 radical (unpaired) electrons. The maximum Gasteiger partial charge on any atom is 0.390 e. The summed E-state index contributed by atoms with van der Waals surface area (Å²) in [5.41, 5.74) is 0.698. The van der Waals surface area contributed by atoms with Gasteiger partial charge in [0.25, 0.3) is 5.69 Å². The maximum absolute atomic E-state index is 12.1. The second-order valence-electron chi connectivity index (χ2n) is 4.04. The first-order valence-electron chi connectivity index (χ1n) is 5.23. The van der Waals surface area contributed by atoms with E-state index in [9.17, 15) is 23.3 Å². The molecule has 1 aromatic rings. The minimum Gasteiger partial charge on any atom is -0.369 e. The summed E-state index contributed by atoms with van der Waals surface area (Å²) < 4.78 is 36.3. The summed E-state index contributed by atoms with van der Waals surface area (Å²) in [6, 6.07) is 4.44. The van der Waals surface area contributed by atoms with Gasteiger partial charge in [0.05, 0.1) is 11.3 Å². The first kappa shape index (κ1) is 14.3. The molecular formula is C11H13F3N2O2. The Kier molecular flexibility index (Phi) is 4.15. The SMILES string of the molecule is Cc1ccc(N(C)CCC(F)(F)F)c([N+](=O)[O-])c1. The second-order valence-corrected chi connectivity index (χ2v) is 4.04. The van der Waals surface area contributed by atoms with Gasteiger partial charge in [-0.15, -0.1) is 0 Å². The normalized spacial score (nSPS) is 11.4. The van der Waals surface area contributed by atoms with Crippen LogP contribution >= 0.6 is 0 Å². The molecule has 0 saturated carbocycles. The first-order chi connectivity index (χ1) is 8.20. The third-order valence-corrected chi connectivity index (χ3v) is 2.47. The van der Waals surface area contributed by atoms with Gasteiger partial charge in [-0.1, -0.05) is 6.07 Å². The van der Waals surface area contributed by atoms with Crippen LogP contribution in [0.1, 0.15) is 12.0 Å². The van der Waals surface area contributed by atoms with Crippen molar-refractivity contribution in [3.63, 3.8) is 0 Å². The molecule has 0 unspecified atom stereocenters. The van der Waals surface area contributed by atoms with Crippen molar-refractivity contribution in [1.29, 1.82) is 0 Å². The van der Waals surface area contributed by atoms with Gasteiger partial charge in [0, 0.05) is 19.7 Å². The Morgan fingerprint density at radius 2 is 2.00 bits per heavy atom. The molecular weight excluding hydrogens is 249 g/mol. The predicted octanol–water partition coefficient (Wildman–Crippen LogP) is 3.29. The quantitative estimate of drug-likeness (QED) is 0.618. The summed E-state index contributed by atoms with van der Waals surface area (Å²) in [6.45, 7) is 1.37. The van der Waals surface area contributed by atoms with Gasteiger partial charge < -0.3 is 4.90 Å². The Hall–Kier alpha value is -1.79. The monoisotopic (exact) mass is 262 g/mol. The van der Waals surface area contributed by atoms with E-state index in [1.165, 1.54) is 24.1 Å². The van der Waals surface area contributed by atoms with Crippen molar-refractivity contribution in [2.24, 2.45) is 0 Å². The maximum atomic E-state index is 12.1. The van der Waals surface area contributed by atoms with Crippen LogP contribution in [0.2, 0.25) is 0 Å². The first-order valence-corrected chi connectivity index (χ1v) is 5.23. The van der Waals surface area contributed by atoms with Crippen molar-refractivity contribution in [3.8, 4) is 0 Å². The number of alkyl halides is 3. The van der Waals surface area contributed by atoms with E-state index >= 15 is 0 Å². The van der Waals surface area contributed by atoms with Crippen LogP contribution in [-0.4, -0.2) is 24.7 Å². The molecule has 0 aliphatic heterocycles. The van der Waals surface area contributed by atoms with Crippen molar-refractivity contribution < 1.29 is 18.1 Å². The fraction of sp³-hybridized carbons (Fsp3) is 0.455. The van der Waals surface area contributed by atoms with Gasteiger partial charge in [-0.05, 0) is 18.6 Å². The number of nitro groups is 1. The van der Waals surface area contributed by atoms with Crippen LogP contribution in [0.15, 0.2) is 18.2 Å². The summed E-state index contributed by atoms with van der Waals surface area (Å²) in [4.78, 5) is 11.5. The third-order valence-electron chi connectivity index (χ3n) is 2.47. The number of benzene rings is 1. The zero-order chi connectivity index (χ0) is 13.9. The van der Waals surface area contributed by atoms with E-state index in [1.54, 1.807) is 13.0 Å². The van der Waals surface area contributed by atoms with Crippen molar-refractivity contribution in [2.45, 2.75) is 19.5 Å². The molecule has 18 heavy (non-hydrogen) atoms. The zero-order valence-electron chi connectivity index (χ0n) is 9.99. The minimum absolute atomic E-state index is 0.181. The average molecular weight is 262 g/mol. The minimum atomic E-state index is -4.27. The number of hydrogen-bond donors (Lipinski definition) is 0. The molecule has 1 rings (SSSR count). The molecule has 0 aliphatic carbocycles. The fourth-order valence-electron chi connectivity index (χ4n) is 1.52. The Balaban J connectivity index is 2.91. The lowest BCUT2D eigenvalue weighted by Crippen LogP contribution is -2.24. The summed E-state index contributed by atoms with van der Waals surface area (Å²) in [5.74, 6) is 0. The number of hydrogen-bond acceptors (Lipinski definition) is 3. The number of halogens is 3. The van der Waals surface area contributed by atoms with Crippen molar-refractivity contribution >= 4 is 11.4 Å². The molecule has 0 amide bonds. The van der Waals surface area contributed by atoms with E-state index in [1.807, 2.05) is 0 Å². The standard InChI is InChI=1S/C11H13F3N2O2/c1-8-3-4-9(10(7-8)16(17)18)15(2)6-5-11(12,13)14/h3-4,7H,5-6H2,1-2H3. The van der Waals surface area contributed by atoms with Gasteiger partial charge in [-0.2, -0.15) is 13.2 Å². The van der Waals surface area contributed by atoms with E-state index in [2.05, 4.69) is 0 Å². The highest BCUT2D eigenvalue weighted by Crippen LogP contribution is 2.29. The Morgan fingerprint density at radius 1 is 1.39 bits per heavy atom. The highest BCUT2D eigenvalue weighted by molar-refractivity contribution is 5.63. The highest BCUT2D eigenvalue weighted by Gasteiger charge is 2.28. The molecule has 4 nitrogen and oxygen atoms in total. The second kappa shape index (κ2) is 5.24. The van der Waals surface area contributed by atoms with Crippen LogP contribution in [0.25, 0.3) is 0 Å². The van der Waals surface area contributed by atoms with Crippen LogP contribution in [-0.2, 0) is 0 Å². The Labute approximate surface area is 102 Å². The summed E-state index contributed by atoms with van der Waals surface area (Å²) in [7, 11) is 1.41. The van der Waals surface area contributed by atoms with Gasteiger partial charge in [-0.25, -0.2) is 0 Å². The van der Waals surface area contributed by atoms with Gasteiger partial charge in [0.15, 0.2) is 0 Å². The number of nitrogens with zero attached hydrogens (tertiary/aromatic N) is 2. The van der Waals surface area contributed by atoms with E-state index < -0.39 is 17.5 Å². The van der Waals surface area contributed by atoms with E-state index in [4.69, 9.17) is 0 Å². The zero-order valence-corrected chi connectivity index (χ0v) is 9.99. The van der Waals surface area contributed by atoms with Gasteiger partial charge in [0.1, 0.15) is 5.69 Å². The molecule has 0 fully saturated rings. The lowest BCUT2D eigenvalue weighted by molar-refractivity contribution is -0.384. The molecule has 1 aromatic carbocycles. The lowest BCUT2D eigenvalue weighted by atomic mass is 10.2. The Morgan fingerprint density at radius 3 is 2.50 bits per heavy atom. The molecule has 100 valence electrons. The molecule has 0 aromatic heterocycles. The largest absolute Gasteiger partial charge is 0.390 e. The van der Waals surface area contributed by atoms with Gasteiger partial charge >= 0.3 is 6.18 Å². The molecule has 0 N–H and O–H groups in total. The summed E-state index contributed by atoms with van der Waals surface area (Å²) in [5, 5.41) is 10.8. The van der Waals surface area contributed by atoms with Crippen molar-refractivity contribution in [2.75, 3.05) is 18.5 Å². The number of anilines is 1. The van der Waals surface area contributed by atoms with Crippen LogP contribution in [0, 0.1) is 17.0 Å². The molecule has 7 heteroatoms. The highest BCUT2D eigenvalue weighted by atomic mass is 19.4. The van der Waals surface area contributed by atoms with Crippen LogP contribution in [0.3, 0.4) is 0 Å². The van der Waals surface area contributed by atoms with Crippen LogP contribution in [0.5, 0.6) is 0 Å². The molecule has 0 atom stereocenters. The predicted molar refractivity (Wildman–Crippen MR) is 61.8 cm³/mol. The summed E-state index contributed by atoms with van der Waals surface area (Å²) in [6.07, 6.45) is -5.28. The van der Waals surface area contributed by atoms with Gasteiger partial charge in [0.2, 0.25) is 0 Å². The van der Waals surface area contributed by atoms with Crippen molar-refractivity contribution in [1.82, 2.24) is 0 Å².